The molecule has 0 unspecified atom stereocenters. The monoisotopic (exact) mass is 158 g/mol. The maximum absolute atomic E-state index is 10.8. The van der Waals surface area contributed by atoms with Crippen molar-refractivity contribution >= 4 is 11.6 Å². The Kier molecular flexibility index (Phi) is 4.70. The van der Waals surface area contributed by atoms with Crippen LogP contribution < -0.4 is 0 Å². The van der Waals surface area contributed by atoms with Crippen LogP contribution in [0.4, 0.5) is 0 Å². The van der Waals surface area contributed by atoms with Crippen LogP contribution in [-0.4, -0.2) is 22.8 Å². The number of hydrogen-bond acceptors (Lipinski definition) is 3. The highest BCUT2D eigenvalue weighted by atomic mass is 16.3. The molecular formula is C8H14O3. The van der Waals surface area contributed by atoms with Crippen LogP contribution in [0, 0.1) is 0 Å². The Hall–Kier alpha value is -0.700. The Balaban J connectivity index is 3.60. The lowest BCUT2D eigenvalue weighted by Gasteiger charge is -2.04. The molecule has 0 fully saturated rings. The van der Waals surface area contributed by atoms with Gasteiger partial charge in [-0.1, -0.05) is 6.92 Å². The second kappa shape index (κ2) is 5.02. The number of carbonyl (C=O) groups is 2. The van der Waals surface area contributed by atoms with Crippen LogP contribution in [0.2, 0.25) is 0 Å². The lowest BCUT2D eigenvalue weighted by atomic mass is 10.1. The Labute approximate surface area is 66.4 Å². The summed E-state index contributed by atoms with van der Waals surface area (Å²) in [6, 6.07) is 0. The first-order valence-electron chi connectivity index (χ1n) is 3.75. The van der Waals surface area contributed by atoms with Crippen molar-refractivity contribution < 1.29 is 14.7 Å². The topological polar surface area (TPSA) is 54.4 Å². The molecule has 0 aromatic rings. The fraction of sp³-hybridized carbons (Fsp3) is 0.750. The number of aliphatic hydroxyl groups is 1. The van der Waals surface area contributed by atoms with Crippen molar-refractivity contribution in [2.24, 2.45) is 0 Å². The summed E-state index contributed by atoms with van der Waals surface area (Å²) >= 11 is 0. The number of hydrogen-bond donors (Lipinski definition) is 1. The molecule has 3 heteroatoms. The van der Waals surface area contributed by atoms with Gasteiger partial charge < -0.3 is 5.11 Å². The van der Waals surface area contributed by atoms with Gasteiger partial charge in [0.1, 0.15) is 11.6 Å². The summed E-state index contributed by atoms with van der Waals surface area (Å²) in [6.45, 7) is 3.17. The molecule has 0 aromatic heterocycles. The van der Waals surface area contributed by atoms with Gasteiger partial charge in [0.25, 0.3) is 0 Å². The van der Waals surface area contributed by atoms with Gasteiger partial charge in [-0.15, -0.1) is 0 Å². The van der Waals surface area contributed by atoms with Crippen molar-refractivity contribution in [3.8, 4) is 0 Å². The third-order valence-corrected chi connectivity index (χ3v) is 1.38. The quantitative estimate of drug-likeness (QED) is 0.599. The Bertz CT molecular complexity index is 151. The number of Topliss-reactive ketones (excluding diaryl/α,β-unsaturated/α-hetero) is 2. The lowest BCUT2D eigenvalue weighted by Crippen LogP contribution is -2.14. The SMILES string of the molecule is CC[C@@H](O)CC(=O)CC(C)=O. The van der Waals surface area contributed by atoms with Crippen molar-refractivity contribution in [3.63, 3.8) is 0 Å². The summed E-state index contributed by atoms with van der Waals surface area (Å²) in [4.78, 5) is 21.3. The predicted octanol–water partition coefficient (Wildman–Crippen LogP) is 0.696. The molecule has 0 aliphatic carbocycles. The third-order valence-electron chi connectivity index (χ3n) is 1.38. The van der Waals surface area contributed by atoms with E-state index in [0.717, 1.165) is 0 Å². The highest BCUT2D eigenvalue weighted by Crippen LogP contribution is 2.00. The van der Waals surface area contributed by atoms with Crippen LogP contribution in [0.5, 0.6) is 0 Å². The second-order valence-corrected chi connectivity index (χ2v) is 2.68. The van der Waals surface area contributed by atoms with E-state index < -0.39 is 6.10 Å². The molecule has 0 aliphatic heterocycles. The van der Waals surface area contributed by atoms with Gasteiger partial charge >= 0.3 is 0 Å². The van der Waals surface area contributed by atoms with E-state index in [1.807, 2.05) is 0 Å². The van der Waals surface area contributed by atoms with Crippen LogP contribution >= 0.6 is 0 Å². The second-order valence-electron chi connectivity index (χ2n) is 2.68. The van der Waals surface area contributed by atoms with E-state index >= 15 is 0 Å². The van der Waals surface area contributed by atoms with E-state index in [1.165, 1.54) is 6.92 Å². The molecule has 11 heavy (non-hydrogen) atoms. The van der Waals surface area contributed by atoms with Gasteiger partial charge in [-0.2, -0.15) is 0 Å². The molecule has 0 aromatic carbocycles. The largest absolute Gasteiger partial charge is 0.393 e. The van der Waals surface area contributed by atoms with Crippen LogP contribution in [0.25, 0.3) is 0 Å². The summed E-state index contributed by atoms with van der Waals surface area (Å²) < 4.78 is 0. The van der Waals surface area contributed by atoms with Crippen LogP contribution in [0.1, 0.15) is 33.1 Å². The van der Waals surface area contributed by atoms with Crippen LogP contribution in [-0.2, 0) is 9.59 Å². The highest BCUT2D eigenvalue weighted by molar-refractivity contribution is 5.98. The molecule has 0 heterocycles. The maximum atomic E-state index is 10.8. The van der Waals surface area contributed by atoms with E-state index in [0.29, 0.717) is 6.42 Å². The maximum Gasteiger partial charge on any atom is 0.142 e. The highest BCUT2D eigenvalue weighted by Gasteiger charge is 2.10. The summed E-state index contributed by atoms with van der Waals surface area (Å²) in [6.07, 6.45) is 0.0402. The molecule has 0 rings (SSSR count). The zero-order chi connectivity index (χ0) is 8.85. The lowest BCUT2D eigenvalue weighted by molar-refractivity contribution is -0.127. The van der Waals surface area contributed by atoms with Crippen molar-refractivity contribution in [3.05, 3.63) is 0 Å². The van der Waals surface area contributed by atoms with Gasteiger partial charge in [0.15, 0.2) is 0 Å². The zero-order valence-corrected chi connectivity index (χ0v) is 6.96. The number of ketones is 2. The molecule has 0 saturated carbocycles. The zero-order valence-electron chi connectivity index (χ0n) is 6.96. The molecule has 0 amide bonds. The van der Waals surface area contributed by atoms with Crippen LogP contribution in [0.3, 0.4) is 0 Å². The molecule has 1 N–H and O–H groups in total. The molecule has 0 saturated heterocycles. The van der Waals surface area contributed by atoms with E-state index in [4.69, 9.17) is 5.11 Å². The predicted molar refractivity (Wildman–Crippen MR) is 41.2 cm³/mol. The average molecular weight is 158 g/mol. The summed E-state index contributed by atoms with van der Waals surface area (Å²) in [7, 11) is 0. The molecule has 64 valence electrons. The normalized spacial score (nSPS) is 12.6. The number of carbonyl (C=O) groups excluding carboxylic acids is 2. The minimum Gasteiger partial charge on any atom is -0.393 e. The molecule has 0 bridgehead atoms. The van der Waals surface area contributed by atoms with Gasteiger partial charge in [-0.3, -0.25) is 9.59 Å². The molecule has 3 nitrogen and oxygen atoms in total. The van der Waals surface area contributed by atoms with Crippen molar-refractivity contribution in [1.29, 1.82) is 0 Å². The third kappa shape index (κ3) is 5.73. The van der Waals surface area contributed by atoms with Gasteiger partial charge in [-0.25, -0.2) is 0 Å². The minimum absolute atomic E-state index is 0.0446. The Morgan fingerprint density at radius 2 is 2.00 bits per heavy atom. The molecule has 0 radical (unpaired) electrons. The van der Waals surface area contributed by atoms with Crippen molar-refractivity contribution in [2.45, 2.75) is 39.2 Å². The van der Waals surface area contributed by atoms with Crippen LogP contribution in [0.15, 0.2) is 0 Å². The van der Waals surface area contributed by atoms with Gasteiger partial charge in [0, 0.05) is 6.42 Å². The number of rotatable bonds is 5. The summed E-state index contributed by atoms with van der Waals surface area (Å²) in [5.41, 5.74) is 0. The van der Waals surface area contributed by atoms with Gasteiger partial charge in [0.05, 0.1) is 12.5 Å². The Morgan fingerprint density at radius 1 is 1.45 bits per heavy atom. The first kappa shape index (κ1) is 10.3. The first-order chi connectivity index (χ1) is 5.06. The molecule has 1 atom stereocenters. The van der Waals surface area contributed by atoms with E-state index in [2.05, 4.69) is 0 Å². The standard InChI is InChI=1S/C8H14O3/c1-3-7(10)5-8(11)4-6(2)9/h7,10H,3-5H2,1-2H3/t7-/m1/s1. The van der Waals surface area contributed by atoms with E-state index in [-0.39, 0.29) is 24.4 Å². The van der Waals surface area contributed by atoms with Gasteiger partial charge in [-0.05, 0) is 13.3 Å². The van der Waals surface area contributed by atoms with E-state index in [9.17, 15) is 9.59 Å². The average Bonchev–Trinajstić information content (AvgIpc) is 1.85. The number of aliphatic hydroxyl groups excluding tert-OH is 1. The summed E-state index contributed by atoms with van der Waals surface area (Å²) in [5, 5.41) is 9.01. The molecule has 0 spiro atoms. The fourth-order valence-corrected chi connectivity index (χ4v) is 0.757. The van der Waals surface area contributed by atoms with E-state index in [1.54, 1.807) is 6.92 Å². The minimum atomic E-state index is -0.582. The molecular weight excluding hydrogens is 144 g/mol. The molecule has 0 aliphatic rings. The summed E-state index contributed by atoms with van der Waals surface area (Å²) in [5.74, 6) is -0.315. The smallest absolute Gasteiger partial charge is 0.142 e. The van der Waals surface area contributed by atoms with Crippen molar-refractivity contribution in [2.75, 3.05) is 0 Å². The fourth-order valence-electron chi connectivity index (χ4n) is 0.757. The van der Waals surface area contributed by atoms with Crippen molar-refractivity contribution in [1.82, 2.24) is 0 Å². The Morgan fingerprint density at radius 3 is 2.36 bits per heavy atom. The first-order valence-corrected chi connectivity index (χ1v) is 3.75. The van der Waals surface area contributed by atoms with Gasteiger partial charge in [0.2, 0.25) is 0 Å².